The molecular formula is C18H16N2O3S. The van der Waals surface area contributed by atoms with Gasteiger partial charge in [0.1, 0.15) is 0 Å². The number of fused-ring (bicyclic) bond motifs is 3. The zero-order valence-corrected chi connectivity index (χ0v) is 13.7. The molecule has 122 valence electrons. The number of hydrogen-bond donors (Lipinski definition) is 1. The fraction of sp³-hybridized carbons (Fsp3) is 0.167. The van der Waals surface area contributed by atoms with Crippen LogP contribution < -0.4 is 5.56 Å². The summed E-state index contributed by atoms with van der Waals surface area (Å²) in [5.74, 6) is 0. The van der Waals surface area contributed by atoms with Crippen molar-refractivity contribution in [3.05, 3.63) is 76.2 Å². The van der Waals surface area contributed by atoms with Gasteiger partial charge in [0.25, 0.3) is 5.56 Å². The third kappa shape index (κ3) is 2.35. The zero-order chi connectivity index (χ0) is 16.7. The first-order chi connectivity index (χ1) is 11.6. The van der Waals surface area contributed by atoms with Gasteiger partial charge in [0.05, 0.1) is 4.90 Å². The monoisotopic (exact) mass is 340 g/mol. The van der Waals surface area contributed by atoms with Crippen LogP contribution in [0.1, 0.15) is 11.3 Å². The maximum Gasteiger partial charge on any atom is 0.256 e. The highest BCUT2D eigenvalue weighted by molar-refractivity contribution is 7.89. The van der Waals surface area contributed by atoms with Crippen LogP contribution in [0.15, 0.2) is 64.3 Å². The molecule has 24 heavy (non-hydrogen) atoms. The predicted molar refractivity (Wildman–Crippen MR) is 92.3 cm³/mol. The van der Waals surface area contributed by atoms with Crippen LogP contribution >= 0.6 is 0 Å². The number of aromatic nitrogens is 1. The topological polar surface area (TPSA) is 70.2 Å². The van der Waals surface area contributed by atoms with E-state index in [0.717, 1.165) is 16.6 Å². The largest absolute Gasteiger partial charge is 0.325 e. The quantitative estimate of drug-likeness (QED) is 0.778. The van der Waals surface area contributed by atoms with Gasteiger partial charge in [0.15, 0.2) is 0 Å². The number of hydrogen-bond acceptors (Lipinski definition) is 3. The van der Waals surface area contributed by atoms with Crippen LogP contribution in [0.25, 0.3) is 10.8 Å². The van der Waals surface area contributed by atoms with E-state index in [0.29, 0.717) is 23.2 Å². The molecule has 1 N–H and O–H groups in total. The minimum Gasteiger partial charge on any atom is -0.325 e. The van der Waals surface area contributed by atoms with Gasteiger partial charge in [-0.15, -0.1) is 0 Å². The average Bonchev–Trinajstić information content (AvgIpc) is 2.62. The molecule has 0 atom stereocenters. The summed E-state index contributed by atoms with van der Waals surface area (Å²) < 4.78 is 27.2. The second-order valence-corrected chi connectivity index (χ2v) is 7.80. The van der Waals surface area contributed by atoms with E-state index in [4.69, 9.17) is 0 Å². The van der Waals surface area contributed by atoms with Gasteiger partial charge in [-0.25, -0.2) is 8.42 Å². The molecule has 1 aromatic heterocycles. The SMILES string of the molecule is O=c1[nH]c2c(c3ccccc13)CN(S(=O)(=O)c1ccccc1)CC2. The van der Waals surface area contributed by atoms with Crippen LogP contribution in [0.4, 0.5) is 0 Å². The Hall–Kier alpha value is -2.44. The van der Waals surface area contributed by atoms with Crippen LogP contribution in [0.3, 0.4) is 0 Å². The van der Waals surface area contributed by atoms with Crippen LogP contribution in [0, 0.1) is 0 Å². The summed E-state index contributed by atoms with van der Waals surface area (Å²) in [6.45, 7) is 0.627. The lowest BCUT2D eigenvalue weighted by atomic mass is 10.0. The molecule has 6 heteroatoms. The molecule has 4 rings (SSSR count). The van der Waals surface area contributed by atoms with Gasteiger partial charge in [-0.2, -0.15) is 4.31 Å². The van der Waals surface area contributed by atoms with Crippen molar-refractivity contribution < 1.29 is 8.42 Å². The van der Waals surface area contributed by atoms with Crippen LogP contribution in [-0.2, 0) is 23.0 Å². The first kappa shape index (κ1) is 15.1. The molecule has 0 saturated carbocycles. The predicted octanol–water partition coefficient (Wildman–Crippen LogP) is 2.28. The van der Waals surface area contributed by atoms with E-state index >= 15 is 0 Å². The highest BCUT2D eigenvalue weighted by Gasteiger charge is 2.29. The van der Waals surface area contributed by atoms with Crippen molar-refractivity contribution in [2.75, 3.05) is 6.54 Å². The van der Waals surface area contributed by atoms with Crippen LogP contribution in [0.2, 0.25) is 0 Å². The average molecular weight is 340 g/mol. The summed E-state index contributed by atoms with van der Waals surface area (Å²) in [6.07, 6.45) is 0.501. The van der Waals surface area contributed by atoms with Crippen LogP contribution in [0.5, 0.6) is 0 Å². The lowest BCUT2D eigenvalue weighted by molar-refractivity contribution is 0.389. The number of H-pyrrole nitrogens is 1. The summed E-state index contributed by atoms with van der Waals surface area (Å²) in [5.41, 5.74) is 1.60. The minimum atomic E-state index is -3.54. The van der Waals surface area contributed by atoms with Crippen LogP contribution in [-0.4, -0.2) is 24.3 Å². The number of pyridine rings is 1. The zero-order valence-electron chi connectivity index (χ0n) is 12.9. The van der Waals surface area contributed by atoms with E-state index in [1.165, 1.54) is 4.31 Å². The Bertz CT molecular complexity index is 1070. The fourth-order valence-corrected chi connectivity index (χ4v) is 4.65. The first-order valence-corrected chi connectivity index (χ1v) is 9.19. The molecule has 0 unspecified atom stereocenters. The standard InChI is InChI=1S/C18H16N2O3S/c21-18-15-9-5-4-8-14(15)16-12-20(11-10-17(16)19-18)24(22,23)13-6-2-1-3-7-13/h1-9H,10-12H2,(H,19,21). The molecule has 0 spiro atoms. The van der Waals surface area contributed by atoms with Crippen molar-refractivity contribution in [2.45, 2.75) is 17.9 Å². The second-order valence-electron chi connectivity index (χ2n) is 5.86. The third-order valence-corrected chi connectivity index (χ3v) is 6.31. The minimum absolute atomic E-state index is 0.122. The maximum absolute atomic E-state index is 12.9. The van der Waals surface area contributed by atoms with E-state index in [2.05, 4.69) is 4.98 Å². The molecule has 2 heterocycles. The van der Waals surface area contributed by atoms with Crippen molar-refractivity contribution in [1.82, 2.24) is 9.29 Å². The van der Waals surface area contributed by atoms with Crippen molar-refractivity contribution in [2.24, 2.45) is 0 Å². The van der Waals surface area contributed by atoms with Gasteiger partial charge in [-0.05, 0) is 29.1 Å². The molecule has 0 bridgehead atoms. The number of benzene rings is 2. The van der Waals surface area contributed by atoms with Gasteiger partial charge < -0.3 is 4.98 Å². The lowest BCUT2D eigenvalue weighted by Gasteiger charge is -2.28. The lowest BCUT2D eigenvalue weighted by Crippen LogP contribution is -2.37. The second kappa shape index (κ2) is 5.58. The maximum atomic E-state index is 12.9. The number of rotatable bonds is 2. The fourth-order valence-electron chi connectivity index (χ4n) is 3.22. The van der Waals surface area contributed by atoms with E-state index in [1.807, 2.05) is 18.2 Å². The molecule has 0 fully saturated rings. The summed E-state index contributed by atoms with van der Waals surface area (Å²) in [4.78, 5) is 15.4. The van der Waals surface area contributed by atoms with Crippen molar-refractivity contribution in [1.29, 1.82) is 0 Å². The van der Waals surface area contributed by atoms with Crippen molar-refractivity contribution in [3.63, 3.8) is 0 Å². The summed E-state index contributed by atoms with van der Waals surface area (Å²) in [6, 6.07) is 15.8. The summed E-state index contributed by atoms with van der Waals surface area (Å²) in [5, 5.41) is 1.42. The molecule has 0 radical (unpaired) electrons. The Balaban J connectivity index is 1.82. The molecule has 5 nitrogen and oxygen atoms in total. The van der Waals surface area contributed by atoms with Gasteiger partial charge in [0, 0.05) is 30.6 Å². The van der Waals surface area contributed by atoms with E-state index < -0.39 is 10.0 Å². The Labute approximate surface area is 139 Å². The number of nitrogens with one attached hydrogen (secondary N) is 1. The molecule has 2 aromatic carbocycles. The summed E-state index contributed by atoms with van der Waals surface area (Å²) in [7, 11) is -3.54. The van der Waals surface area contributed by atoms with Gasteiger partial charge >= 0.3 is 0 Å². The summed E-state index contributed by atoms with van der Waals surface area (Å²) >= 11 is 0. The van der Waals surface area contributed by atoms with E-state index in [9.17, 15) is 13.2 Å². The van der Waals surface area contributed by atoms with Gasteiger partial charge in [0.2, 0.25) is 10.0 Å². The molecule has 1 aliphatic rings. The van der Waals surface area contributed by atoms with E-state index in [1.54, 1.807) is 36.4 Å². The molecule has 0 saturated heterocycles. The van der Waals surface area contributed by atoms with Crippen molar-refractivity contribution in [3.8, 4) is 0 Å². The number of sulfonamides is 1. The normalized spacial score (nSPS) is 15.3. The smallest absolute Gasteiger partial charge is 0.256 e. The third-order valence-electron chi connectivity index (χ3n) is 4.45. The Morgan fingerprint density at radius 2 is 1.58 bits per heavy atom. The Kier molecular flexibility index (Phi) is 3.51. The van der Waals surface area contributed by atoms with Gasteiger partial charge in [-0.3, -0.25) is 4.79 Å². The number of aromatic amines is 1. The highest BCUT2D eigenvalue weighted by Crippen LogP contribution is 2.27. The molecule has 3 aromatic rings. The first-order valence-electron chi connectivity index (χ1n) is 7.75. The molecule has 0 amide bonds. The molecular weight excluding hydrogens is 324 g/mol. The molecule has 0 aliphatic carbocycles. The van der Waals surface area contributed by atoms with Crippen molar-refractivity contribution >= 4 is 20.8 Å². The molecule has 1 aliphatic heterocycles. The van der Waals surface area contributed by atoms with Gasteiger partial charge in [-0.1, -0.05) is 36.4 Å². The Morgan fingerprint density at radius 3 is 2.33 bits per heavy atom. The highest BCUT2D eigenvalue weighted by atomic mass is 32.2. The number of nitrogens with zero attached hydrogens (tertiary/aromatic N) is 1. The Morgan fingerprint density at radius 1 is 0.917 bits per heavy atom. The van der Waals surface area contributed by atoms with E-state index in [-0.39, 0.29) is 12.1 Å².